The SMILES string of the molecule is C/C=C(\C)C(=O)O[C@H]1[C@H](OC(C)=O)[C@@]2(CO)C(CC1(C)C)C1=CCC3[C@@]4(C)CC[C@H](O[C@@H]5O[C@H](CO)[C@@H](O)[C@H](O[C@@H]6O[C@@H](C)[C@H](O)[C@@H](O)[C@H]6O)[C@H]5O[C@@H]5O[C@H](CO)[C@H](O)[C@H](O)[C@H]5O)C(C)(C)C4CC[C@@]3(C)[C@]1(C)C[C@H]2O. The Balaban J connectivity index is 1.11. The predicted octanol–water partition coefficient (Wildman–Crippen LogP) is 0.642. The summed E-state index contributed by atoms with van der Waals surface area (Å²) in [5.74, 6) is -1.53. The summed E-state index contributed by atoms with van der Waals surface area (Å²) in [6.07, 6.45) is -20.3. The molecule has 0 aromatic heterocycles. The molecule has 21 nitrogen and oxygen atoms in total. The Bertz CT molecular complexity index is 2170. The van der Waals surface area contributed by atoms with E-state index in [1.54, 1.807) is 19.9 Å². The van der Waals surface area contributed by atoms with Crippen molar-refractivity contribution in [1.82, 2.24) is 0 Å². The van der Waals surface area contributed by atoms with Crippen molar-refractivity contribution >= 4 is 11.9 Å². The second-order valence-corrected chi connectivity index (χ2v) is 25.6. The topological polar surface area (TPSA) is 331 Å². The quantitative estimate of drug-likeness (QED) is 0.0553. The van der Waals surface area contributed by atoms with Gasteiger partial charge in [0, 0.05) is 17.9 Å². The van der Waals surface area contributed by atoms with Crippen LogP contribution in [-0.2, 0) is 47.5 Å². The fourth-order valence-electron chi connectivity index (χ4n) is 16.2. The van der Waals surface area contributed by atoms with Crippen LogP contribution < -0.4 is 0 Å². The molecule has 3 heterocycles. The van der Waals surface area contributed by atoms with E-state index in [0.29, 0.717) is 31.3 Å². The maximum Gasteiger partial charge on any atom is 0.333 e. The highest BCUT2D eigenvalue weighted by Gasteiger charge is 2.74. The van der Waals surface area contributed by atoms with Gasteiger partial charge in [0.15, 0.2) is 18.9 Å². The van der Waals surface area contributed by atoms with Crippen molar-refractivity contribution in [1.29, 1.82) is 0 Å². The van der Waals surface area contributed by atoms with E-state index >= 15 is 0 Å². The normalized spacial score (nSPS) is 51.0. The number of fused-ring (bicyclic) bond motifs is 7. The number of ether oxygens (including phenoxy) is 8. The van der Waals surface area contributed by atoms with Crippen LogP contribution in [0.4, 0.5) is 0 Å². The number of aliphatic hydroxyl groups is 11. The van der Waals surface area contributed by atoms with Gasteiger partial charge in [0.1, 0.15) is 79.4 Å². The Morgan fingerprint density at radius 2 is 1.26 bits per heavy atom. The van der Waals surface area contributed by atoms with Crippen molar-refractivity contribution in [3.63, 3.8) is 0 Å². The molecular weight excluding hydrogens is 997 g/mol. The fraction of sp³-hybridized carbons (Fsp3) is 0.891. The van der Waals surface area contributed by atoms with Gasteiger partial charge in [-0.2, -0.15) is 0 Å². The molecule has 0 aromatic rings. The molecule has 8 aliphatic rings. The zero-order chi connectivity index (χ0) is 56.2. The third-order valence-electron chi connectivity index (χ3n) is 20.9. The highest BCUT2D eigenvalue weighted by atomic mass is 16.8. The molecule has 8 rings (SSSR count). The van der Waals surface area contributed by atoms with Crippen molar-refractivity contribution in [2.24, 2.45) is 50.2 Å². The molecule has 26 atom stereocenters. The molecular formula is C55H88O21. The summed E-state index contributed by atoms with van der Waals surface area (Å²) in [6.45, 7) is 19.1. The average molecular weight is 1090 g/mol. The number of aliphatic hydroxyl groups excluding tert-OH is 11. The van der Waals surface area contributed by atoms with Crippen molar-refractivity contribution < 1.29 is 104 Å². The van der Waals surface area contributed by atoms with Gasteiger partial charge in [0.05, 0.1) is 43.5 Å². The van der Waals surface area contributed by atoms with Crippen molar-refractivity contribution in [2.75, 3.05) is 19.8 Å². The first-order chi connectivity index (χ1) is 35.4. The van der Waals surface area contributed by atoms with E-state index < -0.39 is 176 Å². The van der Waals surface area contributed by atoms with Gasteiger partial charge in [0.2, 0.25) is 0 Å². The standard InChI is InChI=1S/C55H88O21/c1-12-24(2)46(68)76-44-45(70-26(4)59)55(23-58)28(19-50(44,5)6)27-13-14-32-52(9)17-16-34(51(7,8)31(52)15-18-53(32,10)54(27,11)20-33(55)60)73-49-43(75-48-41(67)39(65)36(62)29(21-56)71-48)42(37(63)30(22-57)72-49)74-47-40(66)38(64)35(61)25(3)69-47/h12-13,25,28-45,47-49,56-58,60-67H,14-23H2,1-11H3/b24-12+/t25-,28?,29+,30+,31?,32?,33+,34-,35-,36-,37+,38+,39-,40+,41+,42-,43+,44-,45-,47-,48-,49-,52-,53+,54+,55-/m0/s1. The highest BCUT2D eigenvalue weighted by Crippen LogP contribution is 2.76. The minimum Gasteiger partial charge on any atom is -0.458 e. The molecule has 434 valence electrons. The lowest BCUT2D eigenvalue weighted by atomic mass is 9.33. The molecule has 21 heteroatoms. The fourth-order valence-corrected chi connectivity index (χ4v) is 16.2. The summed E-state index contributed by atoms with van der Waals surface area (Å²) in [5, 5.41) is 122. The smallest absolute Gasteiger partial charge is 0.333 e. The van der Waals surface area contributed by atoms with Crippen LogP contribution in [0.15, 0.2) is 23.3 Å². The van der Waals surface area contributed by atoms with Crippen LogP contribution in [0, 0.1) is 50.2 Å². The van der Waals surface area contributed by atoms with Crippen LogP contribution in [0.2, 0.25) is 0 Å². The zero-order valence-corrected chi connectivity index (χ0v) is 45.9. The predicted molar refractivity (Wildman–Crippen MR) is 266 cm³/mol. The first-order valence-corrected chi connectivity index (χ1v) is 27.4. The number of carbonyl (C=O) groups is 2. The van der Waals surface area contributed by atoms with Crippen molar-refractivity contribution in [2.45, 2.75) is 238 Å². The van der Waals surface area contributed by atoms with E-state index in [2.05, 4.69) is 40.7 Å². The second-order valence-electron chi connectivity index (χ2n) is 25.6. The summed E-state index contributed by atoms with van der Waals surface area (Å²) in [4.78, 5) is 26.4. The lowest BCUT2D eigenvalue weighted by Crippen LogP contribution is -2.72. The monoisotopic (exact) mass is 1080 g/mol. The summed E-state index contributed by atoms with van der Waals surface area (Å²) < 4.78 is 49.7. The number of hydrogen-bond acceptors (Lipinski definition) is 21. The van der Waals surface area contributed by atoms with Gasteiger partial charge in [-0.05, 0) is 105 Å². The van der Waals surface area contributed by atoms with Gasteiger partial charge in [0.25, 0.3) is 0 Å². The van der Waals surface area contributed by atoms with E-state index in [0.717, 1.165) is 18.4 Å². The Morgan fingerprint density at radius 1 is 0.671 bits per heavy atom. The van der Waals surface area contributed by atoms with Crippen LogP contribution in [0.5, 0.6) is 0 Å². The highest BCUT2D eigenvalue weighted by molar-refractivity contribution is 5.87. The van der Waals surface area contributed by atoms with Crippen molar-refractivity contribution in [3.05, 3.63) is 23.3 Å². The van der Waals surface area contributed by atoms with Crippen molar-refractivity contribution in [3.8, 4) is 0 Å². The molecule has 0 amide bonds. The number of esters is 2. The van der Waals surface area contributed by atoms with Crippen LogP contribution >= 0.6 is 0 Å². The van der Waals surface area contributed by atoms with E-state index in [4.69, 9.17) is 37.9 Å². The van der Waals surface area contributed by atoms with Gasteiger partial charge in [-0.15, -0.1) is 0 Å². The molecule has 76 heavy (non-hydrogen) atoms. The van der Waals surface area contributed by atoms with Crippen LogP contribution in [-0.4, -0.2) is 204 Å². The van der Waals surface area contributed by atoms with Gasteiger partial charge < -0.3 is 94.1 Å². The van der Waals surface area contributed by atoms with Gasteiger partial charge in [-0.3, -0.25) is 4.79 Å². The number of hydrogen-bond donors (Lipinski definition) is 11. The van der Waals surface area contributed by atoms with Crippen LogP contribution in [0.3, 0.4) is 0 Å². The van der Waals surface area contributed by atoms with Gasteiger partial charge >= 0.3 is 11.9 Å². The molecule has 11 N–H and O–H groups in total. The second kappa shape index (κ2) is 21.6. The Morgan fingerprint density at radius 3 is 1.87 bits per heavy atom. The minimum atomic E-state index is -1.91. The largest absolute Gasteiger partial charge is 0.458 e. The third-order valence-corrected chi connectivity index (χ3v) is 20.9. The minimum absolute atomic E-state index is 0.0123. The molecule has 0 radical (unpaired) electrons. The maximum atomic E-state index is 13.4. The molecule has 3 saturated heterocycles. The summed E-state index contributed by atoms with van der Waals surface area (Å²) in [7, 11) is 0. The molecule has 0 bridgehead atoms. The van der Waals surface area contributed by atoms with Gasteiger partial charge in [-0.1, -0.05) is 66.2 Å². The lowest BCUT2D eigenvalue weighted by molar-refractivity contribution is -0.398. The number of rotatable bonds is 12. The number of allylic oxidation sites excluding steroid dienone is 3. The molecule has 7 fully saturated rings. The third kappa shape index (κ3) is 9.47. The summed E-state index contributed by atoms with van der Waals surface area (Å²) in [6, 6.07) is 0. The Hall–Kier alpha value is -2.26. The molecule has 4 saturated carbocycles. The Labute approximate surface area is 445 Å². The lowest BCUT2D eigenvalue weighted by Gasteiger charge is -2.72. The Kier molecular flexibility index (Phi) is 17.0. The molecule has 3 aliphatic heterocycles. The number of carbonyl (C=O) groups excluding carboxylic acids is 2. The molecule has 5 aliphatic carbocycles. The molecule has 0 aromatic carbocycles. The average Bonchev–Trinajstić information content (AvgIpc) is 3.35. The molecule has 3 unspecified atom stereocenters. The van der Waals surface area contributed by atoms with Crippen LogP contribution in [0.1, 0.15) is 121 Å². The van der Waals surface area contributed by atoms with Gasteiger partial charge in [-0.25, -0.2) is 4.79 Å². The van der Waals surface area contributed by atoms with Crippen LogP contribution in [0.25, 0.3) is 0 Å². The van der Waals surface area contributed by atoms with E-state index in [1.165, 1.54) is 13.8 Å². The first-order valence-electron chi connectivity index (χ1n) is 27.4. The van der Waals surface area contributed by atoms with E-state index in [1.807, 2.05) is 13.8 Å². The first kappa shape index (κ1) is 59.9. The maximum absolute atomic E-state index is 13.4. The van der Waals surface area contributed by atoms with E-state index in [-0.39, 0.29) is 29.1 Å². The molecule has 0 spiro atoms. The zero-order valence-electron chi connectivity index (χ0n) is 45.9. The summed E-state index contributed by atoms with van der Waals surface area (Å²) >= 11 is 0. The van der Waals surface area contributed by atoms with E-state index in [9.17, 15) is 65.8 Å². The summed E-state index contributed by atoms with van der Waals surface area (Å²) in [5.41, 5.74) is -2.58.